The molecule has 1 unspecified atom stereocenters. The van der Waals surface area contributed by atoms with Crippen LogP contribution in [0.4, 0.5) is 0 Å². The van der Waals surface area contributed by atoms with Gasteiger partial charge in [-0.1, -0.05) is 12.1 Å². The highest BCUT2D eigenvalue weighted by molar-refractivity contribution is 7.09. The van der Waals surface area contributed by atoms with E-state index in [-0.39, 0.29) is 5.91 Å². The van der Waals surface area contributed by atoms with Crippen molar-refractivity contribution in [3.05, 3.63) is 35.0 Å². The van der Waals surface area contributed by atoms with Crippen molar-refractivity contribution < 1.29 is 4.79 Å². The summed E-state index contributed by atoms with van der Waals surface area (Å²) in [6.07, 6.45) is 1.80. The van der Waals surface area contributed by atoms with Gasteiger partial charge in [0.1, 0.15) is 0 Å². The fourth-order valence-corrected chi connectivity index (χ4v) is 3.17. The van der Waals surface area contributed by atoms with Gasteiger partial charge in [-0.3, -0.25) is 9.69 Å². The van der Waals surface area contributed by atoms with Crippen molar-refractivity contribution >= 4 is 17.2 Å². The number of amides is 1. The molecule has 0 bridgehead atoms. The Morgan fingerprint density at radius 3 is 3.20 bits per heavy atom. The first-order valence-corrected chi connectivity index (χ1v) is 7.94. The lowest BCUT2D eigenvalue weighted by molar-refractivity contribution is -0.132. The first-order valence-electron chi connectivity index (χ1n) is 7.06. The minimum absolute atomic E-state index is 0.187. The van der Waals surface area contributed by atoms with Gasteiger partial charge >= 0.3 is 0 Å². The van der Waals surface area contributed by atoms with E-state index in [1.807, 2.05) is 16.3 Å². The summed E-state index contributed by atoms with van der Waals surface area (Å²) in [7, 11) is 0. The fourth-order valence-electron chi connectivity index (χ4n) is 2.45. The maximum atomic E-state index is 12.5. The number of carbonyl (C=O) groups excluding carboxylic acids is 1. The van der Waals surface area contributed by atoms with Crippen LogP contribution in [0.2, 0.25) is 0 Å². The molecule has 110 valence electrons. The average Bonchev–Trinajstić information content (AvgIpc) is 2.91. The van der Waals surface area contributed by atoms with Gasteiger partial charge in [-0.05, 0) is 18.4 Å². The van der Waals surface area contributed by atoms with Crippen molar-refractivity contribution in [2.24, 2.45) is 0 Å². The van der Waals surface area contributed by atoms with Crippen molar-refractivity contribution in [2.75, 3.05) is 32.7 Å². The Balaban J connectivity index is 1.90. The van der Waals surface area contributed by atoms with Crippen LogP contribution < -0.4 is 5.32 Å². The predicted molar refractivity (Wildman–Crippen MR) is 83.8 cm³/mol. The molecule has 1 saturated heterocycles. The first-order chi connectivity index (χ1) is 9.69. The molecule has 1 aromatic rings. The summed E-state index contributed by atoms with van der Waals surface area (Å²) in [5, 5.41) is 5.44. The number of thiophene rings is 1. The zero-order chi connectivity index (χ0) is 14.4. The molecule has 1 aromatic heterocycles. The summed E-state index contributed by atoms with van der Waals surface area (Å²) in [5.74, 6) is 0.187. The van der Waals surface area contributed by atoms with Crippen molar-refractivity contribution in [3.63, 3.8) is 0 Å². The average molecular weight is 293 g/mol. The summed E-state index contributed by atoms with van der Waals surface area (Å²) >= 11 is 1.69. The Hall–Kier alpha value is -1.17. The van der Waals surface area contributed by atoms with Gasteiger partial charge in [-0.25, -0.2) is 0 Å². The zero-order valence-electron chi connectivity index (χ0n) is 12.0. The quantitative estimate of drug-likeness (QED) is 0.809. The lowest BCUT2D eigenvalue weighted by Gasteiger charge is -2.32. The van der Waals surface area contributed by atoms with Gasteiger partial charge in [0, 0.05) is 37.1 Å². The van der Waals surface area contributed by atoms with Crippen LogP contribution in [-0.4, -0.2) is 54.5 Å². The summed E-state index contributed by atoms with van der Waals surface area (Å²) in [6, 6.07) is 4.55. The topological polar surface area (TPSA) is 35.6 Å². The third-order valence-corrected chi connectivity index (χ3v) is 4.30. The Bertz CT molecular complexity index is 432. The molecule has 4 nitrogen and oxygen atoms in total. The second kappa shape index (κ2) is 7.57. The third-order valence-electron chi connectivity index (χ3n) is 3.44. The van der Waals surface area contributed by atoms with Crippen LogP contribution >= 0.6 is 11.3 Å². The van der Waals surface area contributed by atoms with E-state index in [4.69, 9.17) is 0 Å². The zero-order valence-corrected chi connectivity index (χ0v) is 12.9. The lowest BCUT2D eigenvalue weighted by Crippen LogP contribution is -2.52. The first kappa shape index (κ1) is 15.2. The van der Waals surface area contributed by atoms with Crippen molar-refractivity contribution in [2.45, 2.75) is 19.5 Å². The number of carbonyl (C=O) groups is 1. The van der Waals surface area contributed by atoms with Crippen LogP contribution in [0, 0.1) is 0 Å². The minimum Gasteiger partial charge on any atom is -0.333 e. The number of rotatable bonds is 6. The number of hydrogen-bond donors (Lipinski definition) is 1. The molecule has 1 atom stereocenters. The molecule has 1 aliphatic rings. The number of nitrogens with one attached hydrogen (secondary N) is 1. The number of nitrogens with zero attached hydrogens (tertiary/aromatic N) is 2. The molecule has 5 heteroatoms. The van der Waals surface area contributed by atoms with Crippen molar-refractivity contribution in [1.29, 1.82) is 0 Å². The third kappa shape index (κ3) is 4.44. The van der Waals surface area contributed by atoms with E-state index in [1.165, 1.54) is 4.88 Å². The van der Waals surface area contributed by atoms with E-state index in [0.29, 0.717) is 25.7 Å². The smallest absolute Gasteiger partial charge is 0.237 e. The van der Waals surface area contributed by atoms with Gasteiger partial charge in [0.05, 0.1) is 13.1 Å². The Morgan fingerprint density at radius 2 is 2.55 bits per heavy atom. The van der Waals surface area contributed by atoms with Gasteiger partial charge in [-0.15, -0.1) is 17.9 Å². The van der Waals surface area contributed by atoms with Crippen LogP contribution in [0.15, 0.2) is 30.2 Å². The van der Waals surface area contributed by atoms with E-state index in [0.717, 1.165) is 19.6 Å². The lowest BCUT2D eigenvalue weighted by atomic mass is 10.2. The van der Waals surface area contributed by atoms with Crippen LogP contribution in [0.1, 0.15) is 11.8 Å². The Kier molecular flexibility index (Phi) is 5.76. The molecule has 1 amide bonds. The molecule has 1 fully saturated rings. The largest absolute Gasteiger partial charge is 0.333 e. The Morgan fingerprint density at radius 1 is 1.70 bits per heavy atom. The highest BCUT2D eigenvalue weighted by Crippen LogP contribution is 2.12. The molecule has 1 N–H and O–H groups in total. The predicted octanol–water partition coefficient (Wildman–Crippen LogP) is 1.56. The summed E-state index contributed by atoms with van der Waals surface area (Å²) in [4.78, 5) is 17.8. The minimum atomic E-state index is 0.187. The fraction of sp³-hybridized carbons (Fsp3) is 0.533. The molecule has 0 aliphatic carbocycles. The molecule has 20 heavy (non-hydrogen) atoms. The molecule has 2 heterocycles. The number of piperazine rings is 1. The van der Waals surface area contributed by atoms with E-state index < -0.39 is 0 Å². The van der Waals surface area contributed by atoms with Crippen molar-refractivity contribution in [3.8, 4) is 0 Å². The molecule has 0 radical (unpaired) electrons. The van der Waals surface area contributed by atoms with Gasteiger partial charge in [0.25, 0.3) is 0 Å². The van der Waals surface area contributed by atoms with E-state index in [9.17, 15) is 4.79 Å². The monoisotopic (exact) mass is 293 g/mol. The maximum Gasteiger partial charge on any atom is 0.237 e. The molecule has 1 aliphatic heterocycles. The van der Waals surface area contributed by atoms with E-state index >= 15 is 0 Å². The standard InChI is InChI=1S/C15H23N3OS/c1-3-7-18(11-14-5-4-9-20-14)15(19)12-17-8-6-16-13(2)10-17/h3-5,9,13,16H,1,6-8,10-12H2,2H3. The van der Waals surface area contributed by atoms with Gasteiger partial charge in [-0.2, -0.15) is 0 Å². The van der Waals surface area contributed by atoms with Gasteiger partial charge < -0.3 is 10.2 Å². The van der Waals surface area contributed by atoms with Crippen molar-refractivity contribution in [1.82, 2.24) is 15.1 Å². The van der Waals surface area contributed by atoms with E-state index in [2.05, 4.69) is 29.8 Å². The summed E-state index contributed by atoms with van der Waals surface area (Å²) in [5.41, 5.74) is 0. The summed E-state index contributed by atoms with van der Waals surface area (Å²) in [6.45, 7) is 10.6. The highest BCUT2D eigenvalue weighted by atomic mass is 32.1. The number of hydrogen-bond acceptors (Lipinski definition) is 4. The Labute approximate surface area is 125 Å². The van der Waals surface area contributed by atoms with Crippen LogP contribution in [-0.2, 0) is 11.3 Å². The van der Waals surface area contributed by atoms with Crippen LogP contribution in [0.5, 0.6) is 0 Å². The van der Waals surface area contributed by atoms with Crippen LogP contribution in [0.25, 0.3) is 0 Å². The second-order valence-electron chi connectivity index (χ2n) is 5.23. The normalized spacial score (nSPS) is 19.8. The van der Waals surface area contributed by atoms with Crippen LogP contribution in [0.3, 0.4) is 0 Å². The molecule has 0 saturated carbocycles. The molecule has 0 spiro atoms. The van der Waals surface area contributed by atoms with Gasteiger partial charge in [0.2, 0.25) is 5.91 Å². The van der Waals surface area contributed by atoms with Gasteiger partial charge in [0.15, 0.2) is 0 Å². The van der Waals surface area contributed by atoms with E-state index in [1.54, 1.807) is 17.4 Å². The highest BCUT2D eigenvalue weighted by Gasteiger charge is 2.21. The maximum absolute atomic E-state index is 12.5. The molecule has 0 aromatic carbocycles. The SMILES string of the molecule is C=CCN(Cc1cccs1)C(=O)CN1CCNC(C)C1. The molecular weight excluding hydrogens is 270 g/mol. The molecular formula is C15H23N3OS. The second-order valence-corrected chi connectivity index (χ2v) is 6.26. The summed E-state index contributed by atoms with van der Waals surface area (Å²) < 4.78 is 0. The molecule has 2 rings (SSSR count).